The number of halogens is 1. The van der Waals surface area contributed by atoms with Gasteiger partial charge in [-0.2, -0.15) is 5.26 Å². The Balaban J connectivity index is 2.23. The standard InChI is InChI=1S/C12H12BrN5/c13-10-2-1-9-3-4-12(8-14,11(9)7-10)16-5-6-17-18-15/h1-2,7,16H,3-6H2. The SMILES string of the molecule is N#CC1(NCCN=[N+]=[N-])CCc2ccc(Br)cc21. The van der Waals surface area contributed by atoms with E-state index in [0.29, 0.717) is 13.1 Å². The number of azide groups is 1. The molecular formula is C12H12BrN5. The fourth-order valence-electron chi connectivity index (χ4n) is 2.32. The molecule has 0 heterocycles. The summed E-state index contributed by atoms with van der Waals surface area (Å²) >= 11 is 3.44. The zero-order valence-electron chi connectivity index (χ0n) is 9.73. The molecule has 0 aromatic heterocycles. The van der Waals surface area contributed by atoms with E-state index < -0.39 is 5.54 Å². The molecule has 1 N–H and O–H groups in total. The van der Waals surface area contributed by atoms with E-state index in [1.54, 1.807) is 0 Å². The first-order valence-corrected chi connectivity index (χ1v) is 6.47. The maximum Gasteiger partial charge on any atom is 0.132 e. The van der Waals surface area contributed by atoms with Crippen molar-refractivity contribution in [2.75, 3.05) is 13.1 Å². The summed E-state index contributed by atoms with van der Waals surface area (Å²) in [6.07, 6.45) is 1.65. The second-order valence-corrected chi connectivity index (χ2v) is 5.12. The first-order chi connectivity index (χ1) is 8.72. The average molecular weight is 306 g/mol. The average Bonchev–Trinajstić information content (AvgIpc) is 2.74. The highest BCUT2D eigenvalue weighted by Crippen LogP contribution is 2.37. The second-order valence-electron chi connectivity index (χ2n) is 4.20. The highest BCUT2D eigenvalue weighted by atomic mass is 79.9. The van der Waals surface area contributed by atoms with Gasteiger partial charge in [-0.3, -0.25) is 5.32 Å². The van der Waals surface area contributed by atoms with Gasteiger partial charge in [0.1, 0.15) is 5.54 Å². The van der Waals surface area contributed by atoms with Crippen molar-refractivity contribution in [3.05, 3.63) is 44.2 Å². The molecule has 2 rings (SSSR count). The Hall–Kier alpha value is -1.54. The van der Waals surface area contributed by atoms with Crippen molar-refractivity contribution >= 4 is 15.9 Å². The van der Waals surface area contributed by atoms with Crippen LogP contribution < -0.4 is 5.32 Å². The number of rotatable bonds is 4. The molecule has 0 spiro atoms. The fraction of sp³-hybridized carbons (Fsp3) is 0.417. The molecule has 0 fully saturated rings. The predicted octanol–water partition coefficient (Wildman–Crippen LogP) is 3.01. The number of fused-ring (bicyclic) bond motifs is 1. The Morgan fingerprint density at radius 1 is 1.61 bits per heavy atom. The molecule has 0 radical (unpaired) electrons. The molecule has 0 saturated heterocycles. The molecule has 1 aliphatic carbocycles. The second kappa shape index (κ2) is 5.40. The van der Waals surface area contributed by atoms with Gasteiger partial charge in [0.25, 0.3) is 0 Å². The molecule has 1 aliphatic rings. The molecule has 92 valence electrons. The summed E-state index contributed by atoms with van der Waals surface area (Å²) in [5.74, 6) is 0. The summed E-state index contributed by atoms with van der Waals surface area (Å²) in [5.41, 5.74) is 9.82. The summed E-state index contributed by atoms with van der Waals surface area (Å²) in [6, 6.07) is 8.40. The van der Waals surface area contributed by atoms with Crippen molar-refractivity contribution in [3.63, 3.8) is 0 Å². The number of nitrogens with zero attached hydrogens (tertiary/aromatic N) is 4. The molecule has 1 aromatic rings. The summed E-state index contributed by atoms with van der Waals surface area (Å²) in [7, 11) is 0. The van der Waals surface area contributed by atoms with Gasteiger partial charge in [0.2, 0.25) is 0 Å². The van der Waals surface area contributed by atoms with Crippen LogP contribution in [0.2, 0.25) is 0 Å². The maximum atomic E-state index is 9.48. The molecule has 0 amide bonds. The van der Waals surface area contributed by atoms with Gasteiger partial charge < -0.3 is 0 Å². The van der Waals surface area contributed by atoms with Crippen molar-refractivity contribution in [2.45, 2.75) is 18.4 Å². The first kappa shape index (κ1) is 12.9. The minimum Gasteiger partial charge on any atom is -0.296 e. The largest absolute Gasteiger partial charge is 0.296 e. The van der Waals surface area contributed by atoms with Crippen molar-refractivity contribution in [2.24, 2.45) is 5.11 Å². The van der Waals surface area contributed by atoms with Crippen LogP contribution in [0.5, 0.6) is 0 Å². The van der Waals surface area contributed by atoms with Gasteiger partial charge in [0.15, 0.2) is 0 Å². The Kier molecular flexibility index (Phi) is 3.87. The minimum absolute atomic E-state index is 0.350. The number of hydrogen-bond donors (Lipinski definition) is 1. The molecule has 1 aromatic carbocycles. The van der Waals surface area contributed by atoms with Gasteiger partial charge in [0.05, 0.1) is 6.07 Å². The molecular weight excluding hydrogens is 294 g/mol. The number of aryl methyl sites for hydroxylation is 1. The van der Waals surface area contributed by atoms with Crippen LogP contribution in [0, 0.1) is 11.3 Å². The molecule has 18 heavy (non-hydrogen) atoms. The summed E-state index contributed by atoms with van der Waals surface area (Å²) in [5, 5.41) is 16.2. The van der Waals surface area contributed by atoms with E-state index in [9.17, 15) is 5.26 Å². The first-order valence-electron chi connectivity index (χ1n) is 5.68. The minimum atomic E-state index is -0.649. The van der Waals surface area contributed by atoms with Gasteiger partial charge in [0, 0.05) is 22.5 Å². The van der Waals surface area contributed by atoms with E-state index in [4.69, 9.17) is 5.53 Å². The Morgan fingerprint density at radius 3 is 3.17 bits per heavy atom. The van der Waals surface area contributed by atoms with Crippen LogP contribution in [0.15, 0.2) is 27.8 Å². The zero-order chi connectivity index (χ0) is 13.0. The van der Waals surface area contributed by atoms with Crippen LogP contribution in [0.3, 0.4) is 0 Å². The van der Waals surface area contributed by atoms with Gasteiger partial charge in [-0.05, 0) is 41.6 Å². The van der Waals surface area contributed by atoms with E-state index in [2.05, 4.69) is 37.3 Å². The molecule has 0 bridgehead atoms. The lowest BCUT2D eigenvalue weighted by atomic mass is 9.93. The van der Waals surface area contributed by atoms with E-state index in [-0.39, 0.29) is 0 Å². The van der Waals surface area contributed by atoms with Crippen molar-refractivity contribution in [1.29, 1.82) is 5.26 Å². The van der Waals surface area contributed by atoms with E-state index in [1.165, 1.54) is 5.56 Å². The summed E-state index contributed by atoms with van der Waals surface area (Å²) in [4.78, 5) is 2.70. The van der Waals surface area contributed by atoms with Gasteiger partial charge in [-0.1, -0.05) is 27.1 Å². The third kappa shape index (κ3) is 2.34. The molecule has 0 aliphatic heterocycles. The van der Waals surface area contributed by atoms with Crippen LogP contribution in [0.4, 0.5) is 0 Å². The quantitative estimate of drug-likeness (QED) is 0.401. The molecule has 1 unspecified atom stereocenters. The number of benzene rings is 1. The molecule has 1 atom stereocenters. The fourth-order valence-corrected chi connectivity index (χ4v) is 2.69. The highest BCUT2D eigenvalue weighted by Gasteiger charge is 2.38. The lowest BCUT2D eigenvalue weighted by Crippen LogP contribution is -2.40. The lowest BCUT2D eigenvalue weighted by Gasteiger charge is -2.23. The normalized spacial score (nSPS) is 20.9. The molecule has 5 nitrogen and oxygen atoms in total. The number of nitrogens with one attached hydrogen (secondary N) is 1. The van der Waals surface area contributed by atoms with E-state index in [1.807, 2.05) is 18.2 Å². The van der Waals surface area contributed by atoms with Crippen molar-refractivity contribution in [1.82, 2.24) is 5.32 Å². The smallest absolute Gasteiger partial charge is 0.132 e. The van der Waals surface area contributed by atoms with Crippen LogP contribution in [-0.2, 0) is 12.0 Å². The lowest BCUT2D eigenvalue weighted by molar-refractivity contribution is 0.431. The Morgan fingerprint density at radius 2 is 2.44 bits per heavy atom. The van der Waals surface area contributed by atoms with Gasteiger partial charge >= 0.3 is 0 Å². The van der Waals surface area contributed by atoms with Crippen LogP contribution >= 0.6 is 15.9 Å². The van der Waals surface area contributed by atoms with Gasteiger partial charge in [-0.15, -0.1) is 0 Å². The van der Waals surface area contributed by atoms with E-state index >= 15 is 0 Å². The third-order valence-electron chi connectivity index (χ3n) is 3.19. The Labute approximate surface area is 114 Å². The third-order valence-corrected chi connectivity index (χ3v) is 3.69. The Bertz CT molecular complexity index is 544. The van der Waals surface area contributed by atoms with E-state index in [0.717, 1.165) is 22.9 Å². The topological polar surface area (TPSA) is 84.6 Å². The highest BCUT2D eigenvalue weighted by molar-refractivity contribution is 9.10. The summed E-state index contributed by atoms with van der Waals surface area (Å²) < 4.78 is 0.972. The summed E-state index contributed by atoms with van der Waals surface area (Å²) in [6.45, 7) is 0.854. The van der Waals surface area contributed by atoms with Crippen LogP contribution in [-0.4, -0.2) is 13.1 Å². The van der Waals surface area contributed by atoms with Crippen molar-refractivity contribution in [3.8, 4) is 6.07 Å². The number of hydrogen-bond acceptors (Lipinski definition) is 3. The van der Waals surface area contributed by atoms with Crippen LogP contribution in [0.1, 0.15) is 17.5 Å². The van der Waals surface area contributed by atoms with Gasteiger partial charge in [-0.25, -0.2) is 0 Å². The molecule has 0 saturated carbocycles. The predicted molar refractivity (Wildman–Crippen MR) is 71.8 cm³/mol. The monoisotopic (exact) mass is 305 g/mol. The zero-order valence-corrected chi connectivity index (χ0v) is 11.3. The number of nitriles is 1. The van der Waals surface area contributed by atoms with Crippen LogP contribution in [0.25, 0.3) is 10.4 Å². The molecule has 6 heteroatoms. The van der Waals surface area contributed by atoms with Crippen molar-refractivity contribution < 1.29 is 0 Å². The maximum absolute atomic E-state index is 9.48.